The number of aromatic nitrogens is 1. The van der Waals surface area contributed by atoms with Crippen molar-refractivity contribution in [2.75, 3.05) is 16.8 Å². The van der Waals surface area contributed by atoms with Crippen LogP contribution in [0, 0.1) is 16.0 Å². The van der Waals surface area contributed by atoms with Crippen molar-refractivity contribution in [1.29, 1.82) is 0 Å². The van der Waals surface area contributed by atoms with E-state index in [1.165, 1.54) is 59.2 Å². The molecule has 2 aliphatic rings. The summed E-state index contributed by atoms with van der Waals surface area (Å²) in [5.74, 6) is -4.24. The minimum atomic E-state index is -1.02. The van der Waals surface area contributed by atoms with Crippen molar-refractivity contribution in [1.82, 2.24) is 4.57 Å². The summed E-state index contributed by atoms with van der Waals surface area (Å²) in [6.45, 7) is 1.50. The fourth-order valence-electron chi connectivity index (χ4n) is 5.57. The number of phenols is 1. The number of thiazole rings is 1. The van der Waals surface area contributed by atoms with E-state index in [1.807, 2.05) is 0 Å². The van der Waals surface area contributed by atoms with E-state index in [0.717, 1.165) is 28.0 Å². The lowest BCUT2D eigenvalue weighted by atomic mass is 9.82. The fourth-order valence-corrected chi connectivity index (χ4v) is 8.33. The number of carbonyl (C=O) groups is 4. The van der Waals surface area contributed by atoms with Gasteiger partial charge in [0.25, 0.3) is 5.69 Å². The van der Waals surface area contributed by atoms with Crippen LogP contribution in [-0.2, 0) is 25.7 Å². The van der Waals surface area contributed by atoms with Crippen LogP contribution in [0.4, 0.5) is 17.1 Å². The molecule has 0 saturated carbocycles. The number of hydrogen-bond acceptors (Lipinski definition) is 11. The van der Waals surface area contributed by atoms with E-state index in [1.54, 1.807) is 25.1 Å². The number of non-ortho nitro benzene ring substituents is 1. The Bertz CT molecular complexity index is 1950. The summed E-state index contributed by atoms with van der Waals surface area (Å²) in [7, 11) is 0. The molecule has 3 atom stereocenters. The standard InChI is InChI=1S/C31H24N4O9S2/c1-2-44-30(40)16-7-9-17(10-8-16)32-22(37)15-33-29-26(46-31(33)41)23(20-5-3-4-6-21(20)36)24-25(45-29)28(39)34(27(24)38)18-11-13-19(14-12-18)35(42)43/h3-14,23-25,36H,2,15H2,1H3,(H,32,37). The Morgan fingerprint density at radius 2 is 1.70 bits per heavy atom. The molecule has 15 heteroatoms. The van der Waals surface area contributed by atoms with Crippen LogP contribution in [0.25, 0.3) is 0 Å². The van der Waals surface area contributed by atoms with Crippen LogP contribution >= 0.6 is 23.1 Å². The van der Waals surface area contributed by atoms with E-state index in [-0.39, 0.29) is 23.7 Å². The molecule has 0 spiro atoms. The van der Waals surface area contributed by atoms with Crippen molar-refractivity contribution in [2.45, 2.75) is 29.7 Å². The number of nitro groups is 1. The third-order valence-electron chi connectivity index (χ3n) is 7.62. The number of esters is 1. The van der Waals surface area contributed by atoms with Gasteiger partial charge in [-0.2, -0.15) is 0 Å². The molecule has 3 amide bonds. The first-order valence-electron chi connectivity index (χ1n) is 14.0. The summed E-state index contributed by atoms with van der Waals surface area (Å²) in [6.07, 6.45) is 0. The first-order valence-corrected chi connectivity index (χ1v) is 15.7. The van der Waals surface area contributed by atoms with Gasteiger partial charge in [-0.1, -0.05) is 41.3 Å². The smallest absolute Gasteiger partial charge is 0.338 e. The molecular weight excluding hydrogens is 636 g/mol. The van der Waals surface area contributed by atoms with Crippen LogP contribution in [0.2, 0.25) is 0 Å². The number of amides is 3. The van der Waals surface area contributed by atoms with Gasteiger partial charge in [-0.25, -0.2) is 9.69 Å². The molecule has 13 nitrogen and oxygen atoms in total. The lowest BCUT2D eigenvalue weighted by Gasteiger charge is -2.31. The maximum Gasteiger partial charge on any atom is 0.338 e. The second-order valence-electron chi connectivity index (χ2n) is 10.4. The van der Waals surface area contributed by atoms with Crippen LogP contribution in [0.3, 0.4) is 0 Å². The van der Waals surface area contributed by atoms with Gasteiger partial charge in [-0.15, -0.1) is 0 Å². The van der Waals surface area contributed by atoms with Crippen LogP contribution in [0.5, 0.6) is 5.75 Å². The van der Waals surface area contributed by atoms with Crippen LogP contribution in [-0.4, -0.2) is 50.1 Å². The highest BCUT2D eigenvalue weighted by Crippen LogP contribution is 2.55. The molecule has 4 aromatic rings. The van der Waals surface area contributed by atoms with Crippen LogP contribution < -0.4 is 15.1 Å². The summed E-state index contributed by atoms with van der Waals surface area (Å²) in [4.78, 5) is 77.6. The van der Waals surface area contributed by atoms with Gasteiger partial charge in [0.1, 0.15) is 17.5 Å². The summed E-state index contributed by atoms with van der Waals surface area (Å²) < 4.78 is 6.21. The average Bonchev–Trinajstić information content (AvgIpc) is 3.48. The molecule has 1 saturated heterocycles. The van der Waals surface area contributed by atoms with Gasteiger partial charge in [0.2, 0.25) is 17.7 Å². The Hall–Kier alpha value is -5.28. The van der Waals surface area contributed by atoms with Gasteiger partial charge < -0.3 is 15.2 Å². The molecule has 2 N–H and O–H groups in total. The van der Waals surface area contributed by atoms with Crippen LogP contribution in [0.1, 0.15) is 33.6 Å². The summed E-state index contributed by atoms with van der Waals surface area (Å²) >= 11 is 1.82. The second-order valence-corrected chi connectivity index (χ2v) is 12.5. The maximum atomic E-state index is 14.0. The molecule has 6 rings (SSSR count). The predicted molar refractivity (Wildman–Crippen MR) is 168 cm³/mol. The topological polar surface area (TPSA) is 178 Å². The Kier molecular flexibility index (Phi) is 8.19. The number of nitro benzene ring substituents is 1. The van der Waals surface area contributed by atoms with Crippen molar-refractivity contribution < 1.29 is 33.9 Å². The molecular formula is C31H24N4O9S2. The zero-order valence-electron chi connectivity index (χ0n) is 23.9. The molecule has 46 heavy (non-hydrogen) atoms. The van der Waals surface area contributed by atoms with Gasteiger partial charge in [-0.05, 0) is 49.4 Å². The predicted octanol–water partition coefficient (Wildman–Crippen LogP) is 4.13. The van der Waals surface area contributed by atoms with Gasteiger partial charge in [0.05, 0.1) is 33.7 Å². The molecule has 3 unspecified atom stereocenters. The monoisotopic (exact) mass is 660 g/mol. The van der Waals surface area contributed by atoms with E-state index in [4.69, 9.17) is 4.74 Å². The maximum absolute atomic E-state index is 14.0. The SMILES string of the molecule is CCOC(=O)c1ccc(NC(=O)Cn2c3c(sc2=O)C(c2ccccc2O)C2C(=O)N(c4ccc([N+](=O)[O-])cc4)C(=O)C2S3)cc1. The lowest BCUT2D eigenvalue weighted by Crippen LogP contribution is -2.33. The Labute approximate surface area is 268 Å². The second kappa shape index (κ2) is 12.3. The lowest BCUT2D eigenvalue weighted by molar-refractivity contribution is -0.384. The number of nitrogens with zero attached hydrogens (tertiary/aromatic N) is 3. The number of phenolic OH excluding ortho intramolecular Hbond substituents is 1. The summed E-state index contributed by atoms with van der Waals surface area (Å²) in [6, 6.07) is 17.4. The number of ether oxygens (including phenoxy) is 1. The number of anilines is 2. The van der Waals surface area contributed by atoms with E-state index < -0.39 is 57.1 Å². The van der Waals surface area contributed by atoms with Crippen LogP contribution in [0.15, 0.2) is 82.6 Å². The number of imide groups is 1. The number of para-hydroxylation sites is 1. The number of thioether (sulfide) groups is 1. The van der Waals surface area contributed by atoms with Gasteiger partial charge in [0, 0.05) is 34.2 Å². The largest absolute Gasteiger partial charge is 0.508 e. The van der Waals surface area contributed by atoms with Crippen molar-refractivity contribution in [3.8, 4) is 5.75 Å². The molecule has 2 aliphatic heterocycles. The van der Waals surface area contributed by atoms with E-state index in [9.17, 15) is 39.2 Å². The minimum Gasteiger partial charge on any atom is -0.508 e. The molecule has 3 heterocycles. The van der Waals surface area contributed by atoms with Crippen molar-refractivity contribution >= 4 is 63.9 Å². The number of benzene rings is 3. The molecule has 0 bridgehead atoms. The summed E-state index contributed by atoms with van der Waals surface area (Å²) in [5.41, 5.74) is 0.972. The molecule has 1 fully saturated rings. The fraction of sp³-hybridized carbons (Fsp3) is 0.194. The number of aromatic hydroxyl groups is 1. The highest BCUT2D eigenvalue weighted by molar-refractivity contribution is 8.00. The zero-order valence-corrected chi connectivity index (χ0v) is 25.6. The van der Waals surface area contributed by atoms with E-state index in [2.05, 4.69) is 5.32 Å². The first-order chi connectivity index (χ1) is 22.1. The molecule has 0 aliphatic carbocycles. The van der Waals surface area contributed by atoms with Gasteiger partial charge >= 0.3 is 10.8 Å². The van der Waals surface area contributed by atoms with Crippen molar-refractivity contribution in [3.63, 3.8) is 0 Å². The quantitative estimate of drug-likeness (QED) is 0.121. The normalized spacial score (nSPS) is 18.5. The molecule has 234 valence electrons. The number of fused-ring (bicyclic) bond motifs is 2. The zero-order chi connectivity index (χ0) is 32.7. The van der Waals surface area contributed by atoms with E-state index >= 15 is 0 Å². The highest BCUT2D eigenvalue weighted by Gasteiger charge is 2.57. The summed E-state index contributed by atoms with van der Waals surface area (Å²) in [5, 5.41) is 24.0. The van der Waals surface area contributed by atoms with Crippen molar-refractivity contribution in [2.24, 2.45) is 5.92 Å². The Balaban J connectivity index is 1.34. The average molecular weight is 661 g/mol. The molecule has 0 radical (unpaired) electrons. The first kappa shape index (κ1) is 30.7. The highest BCUT2D eigenvalue weighted by atomic mass is 32.2. The third kappa shape index (κ3) is 5.43. The molecule has 1 aromatic heterocycles. The number of hydrogen-bond donors (Lipinski definition) is 2. The van der Waals surface area contributed by atoms with Gasteiger partial charge in [0.15, 0.2) is 0 Å². The number of rotatable bonds is 8. The number of nitrogens with one attached hydrogen (secondary N) is 1. The molecule has 3 aromatic carbocycles. The van der Waals surface area contributed by atoms with Gasteiger partial charge in [-0.3, -0.25) is 33.9 Å². The van der Waals surface area contributed by atoms with E-state index in [0.29, 0.717) is 26.7 Å². The third-order valence-corrected chi connectivity index (χ3v) is 10.2. The minimum absolute atomic E-state index is 0.130. The Morgan fingerprint density at radius 3 is 2.35 bits per heavy atom. The Morgan fingerprint density at radius 1 is 1.00 bits per heavy atom. The number of carbonyl (C=O) groups excluding carboxylic acids is 4. The van der Waals surface area contributed by atoms with Crippen molar-refractivity contribution in [3.05, 3.63) is 109 Å².